The van der Waals surface area contributed by atoms with Crippen molar-refractivity contribution >= 4 is 17.6 Å². The molecule has 1 aromatic carbocycles. The van der Waals surface area contributed by atoms with Crippen LogP contribution < -0.4 is 15.4 Å². The molecule has 0 radical (unpaired) electrons. The normalized spacial score (nSPS) is 10.8. The number of carbonyl (C=O) groups excluding carboxylic acids is 2. The van der Waals surface area contributed by atoms with Crippen molar-refractivity contribution in [1.29, 1.82) is 0 Å². The highest BCUT2D eigenvalue weighted by molar-refractivity contribution is 5.95. The van der Waals surface area contributed by atoms with Crippen molar-refractivity contribution in [3.05, 3.63) is 34.1 Å². The van der Waals surface area contributed by atoms with Crippen molar-refractivity contribution in [3.63, 3.8) is 0 Å². The summed E-state index contributed by atoms with van der Waals surface area (Å²) < 4.78 is 53.2. The first kappa shape index (κ1) is 18.1. The summed E-state index contributed by atoms with van der Waals surface area (Å²) in [5.74, 6) is -2.61. The highest BCUT2D eigenvalue weighted by atomic mass is 19.4. The Labute approximate surface area is 125 Å². The number of hydrogen-bond acceptors (Lipinski definition) is 5. The lowest BCUT2D eigenvalue weighted by atomic mass is 10.3. The SMILES string of the molecule is O=C(COc1cc(F)ccc1[N+](=O)[O-])NC(=O)NCC(F)(F)F. The number of nitro benzene ring substituents is 1. The molecule has 0 unspecified atom stereocenters. The van der Waals surface area contributed by atoms with Gasteiger partial charge < -0.3 is 10.1 Å². The Kier molecular flexibility index (Phi) is 5.81. The topological polar surface area (TPSA) is 111 Å². The zero-order valence-corrected chi connectivity index (χ0v) is 11.1. The second-order valence-corrected chi connectivity index (χ2v) is 4.00. The molecule has 0 heterocycles. The van der Waals surface area contributed by atoms with E-state index in [4.69, 9.17) is 4.74 Å². The molecule has 8 nitrogen and oxygen atoms in total. The van der Waals surface area contributed by atoms with Gasteiger partial charge in [-0.3, -0.25) is 20.2 Å². The van der Waals surface area contributed by atoms with Crippen LogP contribution in [0.3, 0.4) is 0 Å². The molecule has 1 aromatic rings. The van der Waals surface area contributed by atoms with Crippen LogP contribution in [0, 0.1) is 15.9 Å². The summed E-state index contributed by atoms with van der Waals surface area (Å²) in [5.41, 5.74) is -0.624. The molecule has 23 heavy (non-hydrogen) atoms. The highest BCUT2D eigenvalue weighted by Crippen LogP contribution is 2.27. The van der Waals surface area contributed by atoms with Gasteiger partial charge in [0.25, 0.3) is 5.91 Å². The van der Waals surface area contributed by atoms with E-state index < -0.39 is 53.4 Å². The fourth-order valence-corrected chi connectivity index (χ4v) is 1.29. The van der Waals surface area contributed by atoms with Crippen LogP contribution >= 0.6 is 0 Å². The zero-order valence-electron chi connectivity index (χ0n) is 11.1. The molecule has 0 fully saturated rings. The van der Waals surface area contributed by atoms with Gasteiger partial charge in [-0.1, -0.05) is 0 Å². The van der Waals surface area contributed by atoms with E-state index >= 15 is 0 Å². The van der Waals surface area contributed by atoms with E-state index in [1.807, 2.05) is 0 Å². The minimum Gasteiger partial charge on any atom is -0.477 e. The number of rotatable bonds is 5. The molecule has 0 saturated heterocycles. The van der Waals surface area contributed by atoms with Crippen LogP contribution in [0.15, 0.2) is 18.2 Å². The molecule has 0 atom stereocenters. The molecule has 0 aromatic heterocycles. The molecular formula is C11H9F4N3O5. The number of amides is 3. The van der Waals surface area contributed by atoms with Crippen molar-refractivity contribution in [1.82, 2.24) is 10.6 Å². The highest BCUT2D eigenvalue weighted by Gasteiger charge is 2.28. The minimum absolute atomic E-state index is 0.569. The van der Waals surface area contributed by atoms with Crippen LogP contribution in [0.25, 0.3) is 0 Å². The molecule has 3 amide bonds. The Morgan fingerprint density at radius 2 is 1.96 bits per heavy atom. The number of nitrogens with one attached hydrogen (secondary N) is 2. The van der Waals surface area contributed by atoms with Gasteiger partial charge in [0.15, 0.2) is 6.61 Å². The number of halogens is 4. The predicted molar refractivity (Wildman–Crippen MR) is 66.1 cm³/mol. The molecular weight excluding hydrogens is 330 g/mol. The third-order valence-electron chi connectivity index (χ3n) is 2.18. The molecule has 0 aliphatic heterocycles. The smallest absolute Gasteiger partial charge is 0.405 e. The lowest BCUT2D eigenvalue weighted by Crippen LogP contribution is -2.44. The third-order valence-corrected chi connectivity index (χ3v) is 2.18. The summed E-state index contributed by atoms with van der Waals surface area (Å²) in [6.45, 7) is -2.59. The maximum absolute atomic E-state index is 13.0. The Morgan fingerprint density at radius 3 is 2.52 bits per heavy atom. The van der Waals surface area contributed by atoms with Crippen molar-refractivity contribution in [3.8, 4) is 5.75 Å². The van der Waals surface area contributed by atoms with E-state index in [1.54, 1.807) is 0 Å². The molecule has 12 heteroatoms. The zero-order chi connectivity index (χ0) is 17.6. The molecule has 0 saturated carbocycles. The van der Waals surface area contributed by atoms with E-state index in [0.717, 1.165) is 12.1 Å². The van der Waals surface area contributed by atoms with Gasteiger partial charge in [-0.2, -0.15) is 13.2 Å². The predicted octanol–water partition coefficient (Wildman–Crippen LogP) is 1.50. The van der Waals surface area contributed by atoms with Gasteiger partial charge in [-0.25, -0.2) is 9.18 Å². The van der Waals surface area contributed by atoms with Gasteiger partial charge in [0.05, 0.1) is 4.92 Å². The molecule has 0 aliphatic carbocycles. The van der Waals surface area contributed by atoms with Crippen LogP contribution in [0.1, 0.15) is 0 Å². The van der Waals surface area contributed by atoms with Gasteiger partial charge in [0.2, 0.25) is 5.75 Å². The number of hydrogen-bond donors (Lipinski definition) is 2. The molecule has 0 spiro atoms. The quantitative estimate of drug-likeness (QED) is 0.480. The summed E-state index contributed by atoms with van der Waals surface area (Å²) in [4.78, 5) is 32.0. The molecule has 126 valence electrons. The maximum Gasteiger partial charge on any atom is 0.405 e. The van der Waals surface area contributed by atoms with E-state index in [-0.39, 0.29) is 0 Å². The maximum atomic E-state index is 13.0. The van der Waals surface area contributed by atoms with Gasteiger partial charge >= 0.3 is 17.9 Å². The van der Waals surface area contributed by atoms with Gasteiger partial charge in [-0.15, -0.1) is 0 Å². The summed E-state index contributed by atoms with van der Waals surface area (Å²) in [6, 6.07) is 0.827. The fourth-order valence-electron chi connectivity index (χ4n) is 1.29. The van der Waals surface area contributed by atoms with Crippen molar-refractivity contribution in [2.24, 2.45) is 0 Å². The monoisotopic (exact) mass is 339 g/mol. The second-order valence-electron chi connectivity index (χ2n) is 4.00. The number of urea groups is 1. The average molecular weight is 339 g/mol. The van der Waals surface area contributed by atoms with Crippen LogP contribution in [0.4, 0.5) is 28.0 Å². The lowest BCUT2D eigenvalue weighted by Gasteiger charge is -2.10. The number of alkyl halides is 3. The van der Waals surface area contributed by atoms with Crippen LogP contribution in [-0.2, 0) is 4.79 Å². The Hall–Kier alpha value is -2.92. The number of nitro groups is 1. The second kappa shape index (κ2) is 7.38. The molecule has 1 rings (SSSR count). The number of imide groups is 1. The first-order valence-corrected chi connectivity index (χ1v) is 5.79. The van der Waals surface area contributed by atoms with Crippen molar-refractivity contribution in [2.75, 3.05) is 13.2 Å². The third kappa shape index (κ3) is 6.58. The minimum atomic E-state index is -4.65. The first-order chi connectivity index (χ1) is 10.6. The summed E-state index contributed by atoms with van der Waals surface area (Å²) in [7, 11) is 0. The summed E-state index contributed by atoms with van der Waals surface area (Å²) >= 11 is 0. The summed E-state index contributed by atoms with van der Waals surface area (Å²) in [5, 5.41) is 13.5. The number of nitrogens with zero attached hydrogens (tertiary/aromatic N) is 1. The largest absolute Gasteiger partial charge is 0.477 e. The van der Waals surface area contributed by atoms with Crippen molar-refractivity contribution < 1.29 is 36.8 Å². The van der Waals surface area contributed by atoms with E-state index in [9.17, 15) is 37.3 Å². The number of ether oxygens (including phenoxy) is 1. The molecule has 0 bridgehead atoms. The standard InChI is InChI=1S/C11H9F4N3O5/c12-6-1-2-7(18(21)22)8(3-6)23-4-9(19)17-10(20)16-5-11(13,14)15/h1-3H,4-5H2,(H2,16,17,19,20). The van der Waals surface area contributed by atoms with E-state index in [2.05, 4.69) is 0 Å². The van der Waals surface area contributed by atoms with Crippen molar-refractivity contribution in [2.45, 2.75) is 6.18 Å². The first-order valence-electron chi connectivity index (χ1n) is 5.79. The summed E-state index contributed by atoms with van der Waals surface area (Å²) in [6.07, 6.45) is -4.65. The molecule has 0 aliphatic rings. The molecule has 2 N–H and O–H groups in total. The van der Waals surface area contributed by atoms with E-state index in [0.29, 0.717) is 6.07 Å². The Morgan fingerprint density at radius 1 is 1.30 bits per heavy atom. The Balaban J connectivity index is 2.55. The van der Waals surface area contributed by atoms with Gasteiger partial charge in [-0.05, 0) is 6.07 Å². The fraction of sp³-hybridized carbons (Fsp3) is 0.273. The lowest BCUT2D eigenvalue weighted by molar-refractivity contribution is -0.385. The van der Waals surface area contributed by atoms with Crippen LogP contribution in [0.2, 0.25) is 0 Å². The number of benzene rings is 1. The van der Waals surface area contributed by atoms with Crippen LogP contribution in [-0.4, -0.2) is 36.2 Å². The van der Waals surface area contributed by atoms with Gasteiger partial charge in [0, 0.05) is 12.1 Å². The van der Waals surface area contributed by atoms with Crippen LogP contribution in [0.5, 0.6) is 5.75 Å². The van der Waals surface area contributed by atoms with E-state index in [1.165, 1.54) is 10.6 Å². The Bertz CT molecular complexity index is 620. The number of carbonyl (C=O) groups is 2. The van der Waals surface area contributed by atoms with Gasteiger partial charge in [0.1, 0.15) is 12.4 Å². The average Bonchev–Trinajstić information content (AvgIpc) is 2.42.